The lowest BCUT2D eigenvalue weighted by Crippen LogP contribution is -2.48. The zero-order valence-electron chi connectivity index (χ0n) is 21.3. The number of piperazine rings is 1. The zero-order chi connectivity index (χ0) is 27.6. The number of amides is 1. The second-order valence-electron chi connectivity index (χ2n) is 9.46. The average Bonchev–Trinajstić information content (AvgIpc) is 3.25. The number of rotatable bonds is 7. The van der Waals surface area contributed by atoms with Gasteiger partial charge < -0.3 is 24.7 Å². The molecule has 0 bridgehead atoms. The van der Waals surface area contributed by atoms with Crippen LogP contribution in [0, 0.1) is 0 Å². The molecule has 0 saturated carbocycles. The topological polar surface area (TPSA) is 85.9 Å². The van der Waals surface area contributed by atoms with Crippen LogP contribution in [-0.4, -0.2) is 64.2 Å². The van der Waals surface area contributed by atoms with Gasteiger partial charge in [0.05, 0.1) is 17.4 Å². The van der Waals surface area contributed by atoms with Crippen LogP contribution >= 0.6 is 0 Å². The number of carbonyl (C=O) groups excluding carboxylic acids is 1. The number of anilines is 1. The average molecular weight is 540 g/mol. The molecule has 4 aromatic rings. The van der Waals surface area contributed by atoms with Gasteiger partial charge in [-0.3, -0.25) is 9.69 Å². The van der Waals surface area contributed by atoms with Gasteiger partial charge in [0.25, 0.3) is 5.91 Å². The quantitative estimate of drug-likeness (QED) is 0.362. The molecule has 1 amide bonds. The number of hydrogen-bond acceptors (Lipinski definition) is 6. The van der Waals surface area contributed by atoms with Gasteiger partial charge in [0.15, 0.2) is 6.61 Å². The molecule has 8 nitrogen and oxygen atoms in total. The number of fused-ring (bicyclic) bond motifs is 1. The number of benzene rings is 2. The molecule has 204 valence electrons. The Bertz CT molecular complexity index is 1440. The number of halogens is 3. The largest absolute Gasteiger partial charge is 0.484 e. The Morgan fingerprint density at radius 3 is 2.36 bits per heavy atom. The first-order chi connectivity index (χ1) is 18.6. The van der Waals surface area contributed by atoms with Crippen LogP contribution in [0.15, 0.2) is 66.9 Å². The smallest absolute Gasteiger partial charge is 0.422 e. The lowest BCUT2D eigenvalue weighted by Gasteiger charge is -2.34. The molecular formula is C28H28F3N5O3. The molecule has 1 fully saturated rings. The lowest BCUT2D eigenvalue weighted by atomic mass is 10.2. The van der Waals surface area contributed by atoms with Crippen molar-refractivity contribution in [3.05, 3.63) is 78.1 Å². The van der Waals surface area contributed by atoms with Crippen LogP contribution in [-0.2, 0) is 13.6 Å². The molecule has 39 heavy (non-hydrogen) atoms. The molecule has 1 aliphatic rings. The molecule has 2 aromatic heterocycles. The first-order valence-electron chi connectivity index (χ1n) is 12.4. The van der Waals surface area contributed by atoms with E-state index in [0.717, 1.165) is 16.5 Å². The van der Waals surface area contributed by atoms with E-state index in [0.29, 0.717) is 55.7 Å². The molecule has 1 saturated heterocycles. The van der Waals surface area contributed by atoms with Crippen LogP contribution in [0.3, 0.4) is 0 Å². The molecule has 0 radical (unpaired) electrons. The minimum absolute atomic E-state index is 0.0396. The highest BCUT2D eigenvalue weighted by molar-refractivity contribution is 5.99. The molecular weight excluding hydrogens is 511 g/mol. The highest BCUT2D eigenvalue weighted by Crippen LogP contribution is 2.28. The number of nitrogens with two attached hydrogens (primary N) is 1. The predicted octanol–water partition coefficient (Wildman–Crippen LogP) is 4.85. The van der Waals surface area contributed by atoms with Crippen LogP contribution in [0.25, 0.3) is 10.9 Å². The number of ether oxygens (including phenoxy) is 2. The van der Waals surface area contributed by atoms with Crippen LogP contribution in [0.1, 0.15) is 16.1 Å². The third-order valence-corrected chi connectivity index (χ3v) is 6.61. The second kappa shape index (κ2) is 10.9. The fourth-order valence-corrected chi connectivity index (χ4v) is 4.54. The minimum Gasteiger partial charge on any atom is -0.484 e. The Labute approximate surface area is 223 Å². The van der Waals surface area contributed by atoms with Crippen molar-refractivity contribution in [2.75, 3.05) is 38.5 Å². The van der Waals surface area contributed by atoms with Crippen molar-refractivity contribution in [1.29, 1.82) is 0 Å². The molecule has 11 heteroatoms. The number of aromatic nitrogens is 2. The van der Waals surface area contributed by atoms with Gasteiger partial charge in [-0.05, 0) is 42.0 Å². The van der Waals surface area contributed by atoms with Gasteiger partial charge in [-0.2, -0.15) is 13.2 Å². The van der Waals surface area contributed by atoms with Gasteiger partial charge in [-0.15, -0.1) is 0 Å². The number of nitrogen functional groups attached to an aromatic ring is 1. The van der Waals surface area contributed by atoms with E-state index in [-0.39, 0.29) is 11.7 Å². The lowest BCUT2D eigenvalue weighted by molar-refractivity contribution is -0.153. The number of hydrogen-bond donors (Lipinski definition) is 1. The summed E-state index contributed by atoms with van der Waals surface area (Å²) in [6, 6.07) is 17.5. The molecule has 0 unspecified atom stereocenters. The van der Waals surface area contributed by atoms with Crippen molar-refractivity contribution in [1.82, 2.24) is 19.4 Å². The van der Waals surface area contributed by atoms with Gasteiger partial charge in [0.1, 0.15) is 17.2 Å². The Morgan fingerprint density at radius 2 is 1.69 bits per heavy atom. The number of nitrogens with zero attached hydrogens (tertiary/aromatic N) is 4. The van der Waals surface area contributed by atoms with Gasteiger partial charge in [0.2, 0.25) is 5.88 Å². The van der Waals surface area contributed by atoms with Crippen molar-refractivity contribution in [2.24, 2.45) is 7.05 Å². The molecule has 1 aliphatic heterocycles. The summed E-state index contributed by atoms with van der Waals surface area (Å²) in [6.45, 7) is 1.86. The molecule has 0 aliphatic carbocycles. The van der Waals surface area contributed by atoms with Crippen molar-refractivity contribution in [3.63, 3.8) is 0 Å². The van der Waals surface area contributed by atoms with Crippen LogP contribution < -0.4 is 15.2 Å². The summed E-state index contributed by atoms with van der Waals surface area (Å²) in [6.07, 6.45) is -2.84. The fraction of sp³-hybridized carbons (Fsp3) is 0.286. The maximum atomic E-state index is 13.4. The standard InChI is InChI=1S/C28H28F3N5O3/c1-34-24-15-23(39-26-9-5-21(32)16-33-26)8-4-20(24)14-25(34)27(37)36-12-10-35(11-13-36)17-19-2-6-22(7-3-19)38-18-28(29,30)31/h2-9,14-16H,10-13,17-18,32H2,1H3. The second-order valence-corrected chi connectivity index (χ2v) is 9.46. The number of alkyl halides is 3. The van der Waals surface area contributed by atoms with Crippen LogP contribution in [0.4, 0.5) is 18.9 Å². The molecule has 2 aromatic carbocycles. The van der Waals surface area contributed by atoms with Crippen LogP contribution in [0.5, 0.6) is 17.4 Å². The summed E-state index contributed by atoms with van der Waals surface area (Å²) >= 11 is 0. The molecule has 0 atom stereocenters. The Hall–Kier alpha value is -4.25. The summed E-state index contributed by atoms with van der Waals surface area (Å²) in [5, 5.41) is 0.930. The first kappa shape index (κ1) is 26.4. The predicted molar refractivity (Wildman–Crippen MR) is 141 cm³/mol. The number of pyridine rings is 1. The Kier molecular flexibility index (Phi) is 7.34. The maximum Gasteiger partial charge on any atom is 0.422 e. The van der Waals surface area contributed by atoms with E-state index in [4.69, 9.17) is 15.2 Å². The Morgan fingerprint density at radius 1 is 0.974 bits per heavy atom. The third kappa shape index (κ3) is 6.43. The van der Waals surface area contributed by atoms with E-state index in [9.17, 15) is 18.0 Å². The third-order valence-electron chi connectivity index (χ3n) is 6.61. The minimum atomic E-state index is -4.37. The maximum absolute atomic E-state index is 13.4. The van der Waals surface area contributed by atoms with E-state index < -0.39 is 12.8 Å². The van der Waals surface area contributed by atoms with Crippen LogP contribution in [0.2, 0.25) is 0 Å². The van der Waals surface area contributed by atoms with Crippen molar-refractivity contribution < 1.29 is 27.4 Å². The van der Waals surface area contributed by atoms with Crippen molar-refractivity contribution >= 4 is 22.5 Å². The summed E-state index contributed by atoms with van der Waals surface area (Å²) < 4.78 is 49.5. The summed E-state index contributed by atoms with van der Waals surface area (Å²) in [5.41, 5.74) is 8.66. The molecule has 5 rings (SSSR count). The summed E-state index contributed by atoms with van der Waals surface area (Å²) in [7, 11) is 1.86. The van der Waals surface area contributed by atoms with E-state index in [1.807, 2.05) is 40.8 Å². The van der Waals surface area contributed by atoms with E-state index in [1.54, 1.807) is 36.4 Å². The molecule has 3 heterocycles. The zero-order valence-corrected chi connectivity index (χ0v) is 21.3. The van der Waals surface area contributed by atoms with Crippen molar-refractivity contribution in [3.8, 4) is 17.4 Å². The van der Waals surface area contributed by atoms with Gasteiger partial charge >= 0.3 is 6.18 Å². The number of carbonyl (C=O) groups is 1. The SMILES string of the molecule is Cn1c(C(=O)N2CCN(Cc3ccc(OCC(F)(F)F)cc3)CC2)cc2ccc(Oc3ccc(N)cn3)cc21. The molecule has 0 spiro atoms. The van der Waals surface area contributed by atoms with E-state index in [2.05, 4.69) is 9.88 Å². The van der Waals surface area contributed by atoms with Gasteiger partial charge in [-0.25, -0.2) is 4.98 Å². The highest BCUT2D eigenvalue weighted by atomic mass is 19.4. The van der Waals surface area contributed by atoms with E-state index >= 15 is 0 Å². The normalized spacial score (nSPS) is 14.5. The monoisotopic (exact) mass is 539 g/mol. The van der Waals surface area contributed by atoms with Gasteiger partial charge in [-0.1, -0.05) is 12.1 Å². The van der Waals surface area contributed by atoms with E-state index in [1.165, 1.54) is 6.20 Å². The fourth-order valence-electron chi connectivity index (χ4n) is 4.54. The number of aryl methyl sites for hydroxylation is 1. The Balaban J connectivity index is 1.18. The van der Waals surface area contributed by atoms with Gasteiger partial charge in [0, 0.05) is 57.3 Å². The molecule has 2 N–H and O–H groups in total. The first-order valence-corrected chi connectivity index (χ1v) is 12.4. The van der Waals surface area contributed by atoms with Crippen molar-refractivity contribution in [2.45, 2.75) is 12.7 Å². The summed E-state index contributed by atoms with van der Waals surface area (Å²) in [5.74, 6) is 1.18. The highest BCUT2D eigenvalue weighted by Gasteiger charge is 2.28. The summed E-state index contributed by atoms with van der Waals surface area (Å²) in [4.78, 5) is 21.6.